The van der Waals surface area contributed by atoms with Crippen molar-refractivity contribution in [1.29, 1.82) is 0 Å². The van der Waals surface area contributed by atoms with Gasteiger partial charge in [0.05, 0.1) is 0 Å². The maximum atomic E-state index is 12.6. The number of carboxylic acids is 1. The van der Waals surface area contributed by atoms with Crippen molar-refractivity contribution >= 4 is 17.8 Å². The van der Waals surface area contributed by atoms with Crippen molar-refractivity contribution in [2.45, 2.75) is 37.9 Å². The van der Waals surface area contributed by atoms with E-state index in [1.807, 2.05) is 18.2 Å². The average Bonchev–Trinajstić information content (AvgIpc) is 3.17. The number of nitrogens with one attached hydrogen (secondary N) is 1. The van der Waals surface area contributed by atoms with Crippen molar-refractivity contribution in [3.05, 3.63) is 35.9 Å². The molecule has 0 aliphatic carbocycles. The van der Waals surface area contributed by atoms with Crippen molar-refractivity contribution in [1.82, 2.24) is 10.2 Å². The Labute approximate surface area is 152 Å². The number of carbonyl (C=O) groups excluding carboxylic acids is 2. The number of rotatable bonds is 5. The Morgan fingerprint density at radius 2 is 1.85 bits per heavy atom. The lowest BCUT2D eigenvalue weighted by atomic mass is 9.97. The molecule has 1 unspecified atom stereocenters. The van der Waals surface area contributed by atoms with Crippen LogP contribution in [0.3, 0.4) is 0 Å². The van der Waals surface area contributed by atoms with Crippen LogP contribution in [0.15, 0.2) is 30.3 Å². The molecule has 0 bridgehead atoms. The normalized spacial score (nSPS) is 25.7. The third kappa shape index (κ3) is 4.40. The van der Waals surface area contributed by atoms with Gasteiger partial charge in [-0.2, -0.15) is 0 Å². The molecule has 0 aromatic heterocycles. The van der Waals surface area contributed by atoms with Gasteiger partial charge in [0.1, 0.15) is 6.10 Å². The van der Waals surface area contributed by atoms with Gasteiger partial charge >= 0.3 is 5.97 Å². The van der Waals surface area contributed by atoms with Crippen LogP contribution >= 0.6 is 0 Å². The summed E-state index contributed by atoms with van der Waals surface area (Å²) in [5, 5.41) is 11.9. The third-order valence-electron chi connectivity index (χ3n) is 4.99. The van der Waals surface area contributed by atoms with Crippen LogP contribution in [0.1, 0.15) is 36.0 Å². The van der Waals surface area contributed by atoms with Crippen LogP contribution in [0, 0.1) is 5.92 Å². The van der Waals surface area contributed by atoms with E-state index < -0.39 is 18.2 Å². The number of benzene rings is 1. The summed E-state index contributed by atoms with van der Waals surface area (Å²) >= 11 is 0. The highest BCUT2D eigenvalue weighted by Gasteiger charge is 2.37. The second kappa shape index (κ2) is 8.31. The number of hydrogen-bond donors (Lipinski definition) is 2. The van der Waals surface area contributed by atoms with Gasteiger partial charge in [-0.3, -0.25) is 9.59 Å². The summed E-state index contributed by atoms with van der Waals surface area (Å²) in [4.78, 5) is 37.5. The zero-order chi connectivity index (χ0) is 18.5. The van der Waals surface area contributed by atoms with E-state index in [9.17, 15) is 14.4 Å². The summed E-state index contributed by atoms with van der Waals surface area (Å²) < 4.78 is 5.37. The molecule has 7 heteroatoms. The zero-order valence-corrected chi connectivity index (χ0v) is 14.6. The maximum absolute atomic E-state index is 12.6. The van der Waals surface area contributed by atoms with Gasteiger partial charge in [0.25, 0.3) is 11.8 Å². The van der Waals surface area contributed by atoms with E-state index in [4.69, 9.17) is 9.84 Å². The van der Waals surface area contributed by atoms with Crippen molar-refractivity contribution in [2.24, 2.45) is 5.92 Å². The van der Waals surface area contributed by atoms with Crippen LogP contribution in [-0.2, 0) is 14.3 Å². The monoisotopic (exact) mass is 360 g/mol. The minimum Gasteiger partial charge on any atom is -0.479 e. The number of carbonyl (C=O) groups is 3. The van der Waals surface area contributed by atoms with Gasteiger partial charge in [0.15, 0.2) is 6.10 Å². The van der Waals surface area contributed by atoms with Crippen molar-refractivity contribution in [3.8, 4) is 0 Å². The fourth-order valence-corrected chi connectivity index (χ4v) is 3.56. The molecule has 140 valence electrons. The first-order valence-corrected chi connectivity index (χ1v) is 9.05. The molecule has 7 nitrogen and oxygen atoms in total. The Bertz CT molecular complexity index is 663. The van der Waals surface area contributed by atoms with E-state index in [1.165, 1.54) is 0 Å². The van der Waals surface area contributed by atoms with Gasteiger partial charge in [-0.25, -0.2) is 4.79 Å². The molecule has 2 aliphatic heterocycles. The molecule has 0 saturated carbocycles. The van der Waals surface area contributed by atoms with Crippen LogP contribution < -0.4 is 5.32 Å². The summed E-state index contributed by atoms with van der Waals surface area (Å²) in [6, 6.07) is 9.04. The minimum atomic E-state index is -1.01. The minimum absolute atomic E-state index is 0.113. The lowest BCUT2D eigenvalue weighted by molar-refractivity contribution is -0.155. The lowest BCUT2D eigenvalue weighted by Gasteiger charge is -2.34. The molecule has 26 heavy (non-hydrogen) atoms. The Hall–Kier alpha value is -2.41. The molecule has 2 amide bonds. The Morgan fingerprint density at radius 3 is 2.54 bits per heavy atom. The molecule has 2 N–H and O–H groups in total. The number of carboxylic acid groups (broad SMARTS) is 1. The first-order valence-electron chi connectivity index (χ1n) is 9.05. The standard InChI is InChI=1S/C19H24N2O5/c22-17(14-6-2-1-3-7-14)20-11-13-5-4-10-21(12-13)18(23)15-8-9-16(26-15)19(24)25/h1-3,6-7,13,15-16H,4-5,8-12H2,(H,20,22)(H,24,25)/t13?,15-,16+/m0/s1. The quantitative estimate of drug-likeness (QED) is 0.825. The third-order valence-corrected chi connectivity index (χ3v) is 4.99. The topological polar surface area (TPSA) is 95.9 Å². The smallest absolute Gasteiger partial charge is 0.332 e. The van der Waals surface area contributed by atoms with Gasteiger partial charge in [-0.05, 0) is 43.7 Å². The average molecular weight is 360 g/mol. The summed E-state index contributed by atoms with van der Waals surface area (Å²) in [6.45, 7) is 1.73. The number of amides is 2. The van der Waals surface area contributed by atoms with E-state index in [1.54, 1.807) is 17.0 Å². The second-order valence-corrected chi connectivity index (χ2v) is 6.90. The van der Waals surface area contributed by atoms with E-state index in [0.717, 1.165) is 12.8 Å². The van der Waals surface area contributed by atoms with Crippen LogP contribution in [0.2, 0.25) is 0 Å². The van der Waals surface area contributed by atoms with Gasteiger partial charge in [-0.1, -0.05) is 18.2 Å². The number of piperidine rings is 1. The molecule has 2 aliphatic rings. The molecule has 2 heterocycles. The molecular weight excluding hydrogens is 336 g/mol. The molecule has 1 aromatic carbocycles. The van der Waals surface area contributed by atoms with E-state index in [0.29, 0.717) is 38.0 Å². The molecule has 0 spiro atoms. The van der Waals surface area contributed by atoms with Crippen LogP contribution in [0.5, 0.6) is 0 Å². The molecule has 1 aromatic rings. The van der Waals surface area contributed by atoms with Crippen molar-refractivity contribution in [3.63, 3.8) is 0 Å². The summed E-state index contributed by atoms with van der Waals surface area (Å²) in [5.74, 6) is -1.07. The second-order valence-electron chi connectivity index (χ2n) is 6.90. The van der Waals surface area contributed by atoms with Crippen LogP contribution in [0.4, 0.5) is 0 Å². The highest BCUT2D eigenvalue weighted by molar-refractivity contribution is 5.94. The summed E-state index contributed by atoms with van der Waals surface area (Å²) in [5.41, 5.74) is 0.621. The van der Waals surface area contributed by atoms with Crippen molar-refractivity contribution in [2.75, 3.05) is 19.6 Å². The van der Waals surface area contributed by atoms with Crippen molar-refractivity contribution < 1.29 is 24.2 Å². The number of likely N-dealkylation sites (tertiary alicyclic amines) is 1. The molecule has 0 radical (unpaired) electrons. The summed E-state index contributed by atoms with van der Waals surface area (Å²) in [6.07, 6.45) is 1.09. The van der Waals surface area contributed by atoms with Gasteiger partial charge in [0.2, 0.25) is 0 Å². The fraction of sp³-hybridized carbons (Fsp3) is 0.526. The summed E-state index contributed by atoms with van der Waals surface area (Å²) in [7, 11) is 0. The maximum Gasteiger partial charge on any atom is 0.332 e. The van der Waals surface area contributed by atoms with Gasteiger partial charge in [-0.15, -0.1) is 0 Å². The highest BCUT2D eigenvalue weighted by atomic mass is 16.5. The largest absolute Gasteiger partial charge is 0.479 e. The fourth-order valence-electron chi connectivity index (χ4n) is 3.56. The number of hydrogen-bond acceptors (Lipinski definition) is 4. The first kappa shape index (κ1) is 18.4. The number of nitrogens with zero attached hydrogens (tertiary/aromatic N) is 1. The zero-order valence-electron chi connectivity index (χ0n) is 14.6. The Kier molecular flexibility index (Phi) is 5.88. The Balaban J connectivity index is 1.49. The predicted molar refractivity (Wildman–Crippen MR) is 93.6 cm³/mol. The predicted octanol–water partition coefficient (Wildman–Crippen LogP) is 1.29. The van der Waals surface area contributed by atoms with E-state index >= 15 is 0 Å². The van der Waals surface area contributed by atoms with E-state index in [-0.39, 0.29) is 17.7 Å². The van der Waals surface area contributed by atoms with E-state index in [2.05, 4.69) is 5.32 Å². The lowest BCUT2D eigenvalue weighted by Crippen LogP contribution is -2.47. The molecular formula is C19H24N2O5. The molecule has 3 atom stereocenters. The van der Waals surface area contributed by atoms with Gasteiger partial charge in [0, 0.05) is 25.2 Å². The molecule has 2 fully saturated rings. The van der Waals surface area contributed by atoms with Crippen LogP contribution in [-0.4, -0.2) is 59.6 Å². The number of aliphatic carboxylic acids is 1. The van der Waals surface area contributed by atoms with Gasteiger partial charge < -0.3 is 20.1 Å². The molecule has 2 saturated heterocycles. The number of ether oxygens (including phenoxy) is 1. The first-order chi connectivity index (χ1) is 12.5. The highest BCUT2D eigenvalue weighted by Crippen LogP contribution is 2.24. The SMILES string of the molecule is O=C(NCC1CCCN(C(=O)[C@@H]2CC[C@H](C(=O)O)O2)C1)c1ccccc1. The Morgan fingerprint density at radius 1 is 1.12 bits per heavy atom. The molecule has 3 rings (SSSR count). The van der Waals surface area contributed by atoms with Crippen LogP contribution in [0.25, 0.3) is 0 Å².